The van der Waals surface area contributed by atoms with E-state index in [2.05, 4.69) is 59.8 Å². The van der Waals surface area contributed by atoms with Crippen LogP contribution in [0.4, 0.5) is 10.1 Å². The molecule has 5 rings (SSSR count). The molecule has 49 heavy (non-hydrogen) atoms. The van der Waals surface area contributed by atoms with E-state index < -0.39 is 0 Å². The molecular weight excluding hydrogens is 623 g/mol. The SMILES string of the molecule is C1CCNC1.CO.CO.COc1ccc(CCC(CCNC=O)Oc2cc(N3CCNCC3)ccc2F)cc1C1CCC(C(C)(C)C)CC1. The molecule has 0 radical (unpaired) electrons. The molecule has 0 bridgehead atoms. The van der Waals surface area contributed by atoms with Gasteiger partial charge in [-0.15, -0.1) is 0 Å². The van der Waals surface area contributed by atoms with Crippen molar-refractivity contribution in [2.24, 2.45) is 11.3 Å². The van der Waals surface area contributed by atoms with Gasteiger partial charge in [0.1, 0.15) is 11.9 Å². The second kappa shape index (κ2) is 23.5. The van der Waals surface area contributed by atoms with Gasteiger partial charge in [0, 0.05) is 65.1 Å². The molecule has 2 aromatic carbocycles. The maximum absolute atomic E-state index is 14.9. The van der Waals surface area contributed by atoms with Crippen LogP contribution in [0.3, 0.4) is 0 Å². The van der Waals surface area contributed by atoms with E-state index >= 15 is 0 Å². The number of nitrogens with one attached hydrogen (secondary N) is 3. The van der Waals surface area contributed by atoms with Gasteiger partial charge in [-0.3, -0.25) is 4.79 Å². The van der Waals surface area contributed by atoms with Crippen molar-refractivity contribution in [3.05, 3.63) is 53.3 Å². The first-order valence-corrected chi connectivity index (χ1v) is 18.1. The van der Waals surface area contributed by atoms with Gasteiger partial charge in [0.2, 0.25) is 6.41 Å². The zero-order valence-electron chi connectivity index (χ0n) is 31.0. The average molecular weight is 689 g/mol. The molecule has 5 N–H and O–H groups in total. The van der Waals surface area contributed by atoms with Crippen LogP contribution >= 0.6 is 0 Å². The van der Waals surface area contributed by atoms with Crippen LogP contribution in [0.1, 0.15) is 89.2 Å². The first kappa shape index (κ1) is 42.2. The van der Waals surface area contributed by atoms with Crippen molar-refractivity contribution in [2.45, 2.75) is 90.6 Å². The third-order valence-corrected chi connectivity index (χ3v) is 9.78. The fourth-order valence-electron chi connectivity index (χ4n) is 6.93. The summed E-state index contributed by atoms with van der Waals surface area (Å²) in [4.78, 5) is 13.1. The number of amides is 1. The minimum Gasteiger partial charge on any atom is -0.496 e. The zero-order valence-corrected chi connectivity index (χ0v) is 31.0. The lowest BCUT2D eigenvalue weighted by molar-refractivity contribution is -0.109. The van der Waals surface area contributed by atoms with Gasteiger partial charge in [0.05, 0.1) is 7.11 Å². The molecule has 278 valence electrons. The molecule has 9 nitrogen and oxygen atoms in total. The summed E-state index contributed by atoms with van der Waals surface area (Å²) in [6.07, 6.45) is 10.3. The van der Waals surface area contributed by atoms with Gasteiger partial charge in [0.15, 0.2) is 11.6 Å². The van der Waals surface area contributed by atoms with E-state index in [1.54, 1.807) is 7.11 Å². The van der Waals surface area contributed by atoms with E-state index in [4.69, 9.17) is 19.7 Å². The predicted octanol–water partition coefficient (Wildman–Crippen LogP) is 5.67. The molecule has 1 saturated carbocycles. The van der Waals surface area contributed by atoms with E-state index in [0.717, 1.165) is 70.6 Å². The van der Waals surface area contributed by atoms with Crippen molar-refractivity contribution in [1.29, 1.82) is 0 Å². The Morgan fingerprint density at radius 3 is 2.14 bits per heavy atom. The largest absolute Gasteiger partial charge is 0.496 e. The molecule has 1 atom stereocenters. The molecule has 2 heterocycles. The monoisotopic (exact) mass is 688 g/mol. The molecule has 1 aliphatic carbocycles. The number of piperazine rings is 1. The molecule has 1 amide bonds. The van der Waals surface area contributed by atoms with E-state index in [1.165, 1.54) is 68.8 Å². The number of carbonyl (C=O) groups is 1. The third kappa shape index (κ3) is 14.5. The minimum absolute atomic E-state index is 0.229. The third-order valence-electron chi connectivity index (χ3n) is 9.78. The van der Waals surface area contributed by atoms with Crippen LogP contribution in [-0.4, -0.2) is 89.9 Å². The van der Waals surface area contributed by atoms with Crippen LogP contribution in [-0.2, 0) is 11.2 Å². The van der Waals surface area contributed by atoms with Gasteiger partial charge in [-0.2, -0.15) is 0 Å². The first-order chi connectivity index (χ1) is 23.8. The van der Waals surface area contributed by atoms with E-state index in [0.29, 0.717) is 30.7 Å². The Bertz CT molecular complexity index is 1170. The lowest BCUT2D eigenvalue weighted by Gasteiger charge is -2.37. The summed E-state index contributed by atoms with van der Waals surface area (Å²) in [6.45, 7) is 13.6. The summed E-state index contributed by atoms with van der Waals surface area (Å²) in [7, 11) is 3.76. The highest BCUT2D eigenvalue weighted by Crippen LogP contribution is 2.45. The van der Waals surface area contributed by atoms with Crippen LogP contribution in [0.15, 0.2) is 36.4 Å². The number of hydrogen-bond acceptors (Lipinski definition) is 8. The number of carbonyl (C=O) groups excluding carboxylic acids is 1. The van der Waals surface area contributed by atoms with Crippen molar-refractivity contribution in [3.63, 3.8) is 0 Å². The molecule has 10 heteroatoms. The maximum atomic E-state index is 14.9. The lowest BCUT2D eigenvalue weighted by Crippen LogP contribution is -2.43. The number of rotatable bonds is 12. The van der Waals surface area contributed by atoms with Crippen molar-refractivity contribution in [2.75, 3.05) is 72.0 Å². The Morgan fingerprint density at radius 2 is 1.57 bits per heavy atom. The van der Waals surface area contributed by atoms with Gasteiger partial charge in [0.25, 0.3) is 0 Å². The van der Waals surface area contributed by atoms with Crippen LogP contribution in [0.25, 0.3) is 0 Å². The van der Waals surface area contributed by atoms with Gasteiger partial charge < -0.3 is 40.5 Å². The highest BCUT2D eigenvalue weighted by Gasteiger charge is 2.31. The number of ether oxygens (including phenoxy) is 2. The molecule has 2 aliphatic heterocycles. The molecule has 1 unspecified atom stereocenters. The van der Waals surface area contributed by atoms with Crippen LogP contribution in [0, 0.1) is 17.2 Å². The quantitative estimate of drug-likeness (QED) is 0.143. The Hall–Kier alpha value is -2.92. The highest BCUT2D eigenvalue weighted by molar-refractivity contribution is 5.52. The van der Waals surface area contributed by atoms with Crippen molar-refractivity contribution in [1.82, 2.24) is 16.0 Å². The second-order valence-electron chi connectivity index (χ2n) is 13.9. The van der Waals surface area contributed by atoms with Gasteiger partial charge in [-0.05, 0) is 111 Å². The fraction of sp³-hybridized carbons (Fsp3) is 0.667. The fourth-order valence-corrected chi connectivity index (χ4v) is 6.93. The molecule has 3 aliphatic rings. The number of aryl methyl sites for hydroxylation is 1. The molecule has 2 aromatic rings. The number of nitrogens with zero attached hydrogens (tertiary/aromatic N) is 1. The number of methoxy groups -OCH3 is 1. The summed E-state index contributed by atoms with van der Waals surface area (Å²) in [5.74, 6) is 2.17. The van der Waals surface area contributed by atoms with Gasteiger partial charge in [-0.25, -0.2) is 4.39 Å². The van der Waals surface area contributed by atoms with Gasteiger partial charge >= 0.3 is 0 Å². The van der Waals surface area contributed by atoms with E-state index in [9.17, 15) is 9.18 Å². The Kier molecular flexibility index (Phi) is 20.2. The van der Waals surface area contributed by atoms with Crippen molar-refractivity contribution >= 4 is 12.1 Å². The molecule has 3 fully saturated rings. The van der Waals surface area contributed by atoms with Crippen molar-refractivity contribution < 1.29 is 28.9 Å². The summed E-state index contributed by atoms with van der Waals surface area (Å²) in [5, 5.41) is 23.3. The standard InChI is InChI=1S/C33H48FN3O3.C4H9N.2CH4O/c1-33(2,3)26-9-7-25(8-10-26)29-21-24(6-14-31(29)39-4)5-12-28(15-16-36-23-38)40-32-22-27(11-13-30(32)34)37-19-17-35-18-20-37;1-2-4-5-3-1;2*1-2/h6,11,13-14,21-23,25-26,28,35H,5,7-10,12,15-20H2,1-4H3,(H,36,38);5H,1-4H2;2*2H,1H3. The lowest BCUT2D eigenvalue weighted by atomic mass is 9.68. The van der Waals surface area contributed by atoms with E-state index in [-0.39, 0.29) is 17.7 Å². The predicted molar refractivity (Wildman–Crippen MR) is 198 cm³/mol. The number of benzene rings is 2. The molecule has 0 aromatic heterocycles. The normalized spacial score (nSPS) is 19.5. The van der Waals surface area contributed by atoms with Crippen LogP contribution in [0.2, 0.25) is 0 Å². The average Bonchev–Trinajstić information content (AvgIpc) is 3.74. The van der Waals surface area contributed by atoms with Crippen LogP contribution < -0.4 is 30.3 Å². The first-order valence-electron chi connectivity index (χ1n) is 18.1. The highest BCUT2D eigenvalue weighted by atomic mass is 19.1. The topological polar surface area (TPSA) is 115 Å². The number of anilines is 1. The number of aliphatic hydroxyl groups is 2. The summed E-state index contributed by atoms with van der Waals surface area (Å²) in [6, 6.07) is 11.7. The molecular formula is C39H65FN4O5. The minimum atomic E-state index is -0.357. The van der Waals surface area contributed by atoms with Gasteiger partial charge in [-0.1, -0.05) is 32.9 Å². The second-order valence-corrected chi connectivity index (χ2v) is 13.9. The van der Waals surface area contributed by atoms with Crippen LogP contribution in [0.5, 0.6) is 11.5 Å². The Balaban J connectivity index is 0.000000822. The number of hydrogen-bond donors (Lipinski definition) is 5. The summed E-state index contributed by atoms with van der Waals surface area (Å²) < 4.78 is 26.9. The molecule has 0 spiro atoms. The smallest absolute Gasteiger partial charge is 0.207 e. The number of aliphatic hydroxyl groups excluding tert-OH is 2. The molecule has 2 saturated heterocycles. The maximum Gasteiger partial charge on any atom is 0.207 e. The van der Waals surface area contributed by atoms with Crippen molar-refractivity contribution in [3.8, 4) is 11.5 Å². The summed E-state index contributed by atoms with van der Waals surface area (Å²) >= 11 is 0. The number of halogens is 1. The summed E-state index contributed by atoms with van der Waals surface area (Å²) in [5.41, 5.74) is 3.88. The zero-order chi connectivity index (χ0) is 36.1. The Morgan fingerprint density at radius 1 is 0.918 bits per heavy atom. The van der Waals surface area contributed by atoms with E-state index in [1.807, 2.05) is 12.1 Å². The Labute approximate surface area is 295 Å².